The van der Waals surface area contributed by atoms with Crippen LogP contribution < -0.4 is 0 Å². The Labute approximate surface area is 106 Å². The number of benzene rings is 1. The Morgan fingerprint density at radius 3 is 2.61 bits per heavy atom. The van der Waals surface area contributed by atoms with Gasteiger partial charge in [0.1, 0.15) is 0 Å². The maximum Gasteiger partial charge on any atom is 0.331 e. The highest BCUT2D eigenvalue weighted by atomic mass is 16.4. The van der Waals surface area contributed by atoms with Gasteiger partial charge in [0.15, 0.2) is 0 Å². The van der Waals surface area contributed by atoms with E-state index in [0.717, 1.165) is 12.2 Å². The number of hydrogen-bond donors (Lipinski definition) is 1. The number of carboxylic acids is 1. The summed E-state index contributed by atoms with van der Waals surface area (Å²) in [7, 11) is 0. The Kier molecular flexibility index (Phi) is 3.63. The molecule has 1 heterocycles. The molecule has 0 aliphatic carbocycles. The van der Waals surface area contributed by atoms with E-state index in [1.54, 1.807) is 13.0 Å². The lowest BCUT2D eigenvalue weighted by Gasteiger charge is -2.07. The van der Waals surface area contributed by atoms with Crippen molar-refractivity contribution in [3.05, 3.63) is 65.5 Å². The highest BCUT2D eigenvalue weighted by molar-refractivity contribution is 5.91. The zero-order chi connectivity index (χ0) is 13.0. The molecule has 0 atom stereocenters. The van der Waals surface area contributed by atoms with Gasteiger partial charge < -0.3 is 9.67 Å². The van der Waals surface area contributed by atoms with Crippen LogP contribution >= 0.6 is 0 Å². The summed E-state index contributed by atoms with van der Waals surface area (Å²) in [5.74, 6) is -0.887. The van der Waals surface area contributed by atoms with E-state index in [1.807, 2.05) is 41.1 Å². The summed E-state index contributed by atoms with van der Waals surface area (Å²) in [4.78, 5) is 10.8. The molecule has 1 aromatic carbocycles. The van der Waals surface area contributed by atoms with E-state index in [2.05, 4.69) is 12.1 Å². The van der Waals surface area contributed by atoms with Crippen LogP contribution in [0.15, 0.2) is 54.2 Å². The first-order chi connectivity index (χ1) is 8.66. The van der Waals surface area contributed by atoms with Crippen LogP contribution in [-0.4, -0.2) is 15.6 Å². The molecule has 0 aliphatic heterocycles. The standard InChI is InChI=1S/C15H15NO2/c1-12(15(17)18)10-14-8-5-9-16(14)11-13-6-3-2-4-7-13/h2-10H,11H2,1H3,(H,17,18)/b12-10+. The van der Waals surface area contributed by atoms with Crippen molar-refractivity contribution in [2.75, 3.05) is 0 Å². The quantitative estimate of drug-likeness (QED) is 0.836. The van der Waals surface area contributed by atoms with Crippen LogP contribution in [0.25, 0.3) is 6.08 Å². The molecule has 0 aliphatic rings. The van der Waals surface area contributed by atoms with Crippen LogP contribution in [-0.2, 0) is 11.3 Å². The third-order valence-corrected chi connectivity index (χ3v) is 2.76. The van der Waals surface area contributed by atoms with E-state index in [-0.39, 0.29) is 0 Å². The van der Waals surface area contributed by atoms with E-state index < -0.39 is 5.97 Å². The van der Waals surface area contributed by atoms with Gasteiger partial charge in [0, 0.05) is 24.0 Å². The van der Waals surface area contributed by atoms with Crippen molar-refractivity contribution < 1.29 is 9.90 Å². The highest BCUT2D eigenvalue weighted by Crippen LogP contribution is 2.11. The minimum atomic E-state index is -0.887. The van der Waals surface area contributed by atoms with Crippen LogP contribution in [0, 0.1) is 0 Å². The minimum Gasteiger partial charge on any atom is -0.478 e. The van der Waals surface area contributed by atoms with Gasteiger partial charge in [-0.1, -0.05) is 30.3 Å². The average molecular weight is 241 g/mol. The molecule has 0 unspecified atom stereocenters. The fourth-order valence-corrected chi connectivity index (χ4v) is 1.77. The zero-order valence-electron chi connectivity index (χ0n) is 10.2. The van der Waals surface area contributed by atoms with E-state index in [1.165, 1.54) is 5.56 Å². The molecule has 1 aromatic heterocycles. The second-order valence-corrected chi connectivity index (χ2v) is 4.18. The molecule has 0 amide bonds. The van der Waals surface area contributed by atoms with E-state index in [9.17, 15) is 4.79 Å². The summed E-state index contributed by atoms with van der Waals surface area (Å²) >= 11 is 0. The molecule has 92 valence electrons. The summed E-state index contributed by atoms with van der Waals surface area (Å²) in [6, 6.07) is 13.9. The number of aliphatic carboxylic acids is 1. The number of aromatic nitrogens is 1. The first-order valence-corrected chi connectivity index (χ1v) is 5.77. The van der Waals surface area contributed by atoms with Crippen LogP contribution in [0.5, 0.6) is 0 Å². The molecule has 18 heavy (non-hydrogen) atoms. The number of rotatable bonds is 4. The van der Waals surface area contributed by atoms with E-state index in [4.69, 9.17) is 5.11 Å². The predicted octanol–water partition coefficient (Wildman–Crippen LogP) is 3.02. The fraction of sp³-hybridized carbons (Fsp3) is 0.133. The van der Waals surface area contributed by atoms with Gasteiger partial charge in [-0.25, -0.2) is 4.79 Å². The molecular weight excluding hydrogens is 226 g/mol. The first-order valence-electron chi connectivity index (χ1n) is 5.77. The molecular formula is C15H15NO2. The molecule has 0 radical (unpaired) electrons. The molecule has 0 fully saturated rings. The molecule has 0 bridgehead atoms. The molecule has 2 rings (SSSR count). The van der Waals surface area contributed by atoms with Crippen LogP contribution in [0.1, 0.15) is 18.2 Å². The molecule has 0 saturated heterocycles. The largest absolute Gasteiger partial charge is 0.478 e. The Bertz CT molecular complexity index is 567. The lowest BCUT2D eigenvalue weighted by Crippen LogP contribution is -2.02. The lowest BCUT2D eigenvalue weighted by atomic mass is 10.2. The molecule has 1 N–H and O–H groups in total. The summed E-state index contributed by atoms with van der Waals surface area (Å²) in [6.07, 6.45) is 3.64. The lowest BCUT2D eigenvalue weighted by molar-refractivity contribution is -0.132. The fourth-order valence-electron chi connectivity index (χ4n) is 1.77. The number of hydrogen-bond acceptors (Lipinski definition) is 1. The van der Waals surface area contributed by atoms with Gasteiger partial charge in [-0.05, 0) is 30.7 Å². The molecule has 0 saturated carbocycles. The summed E-state index contributed by atoms with van der Waals surface area (Å²) in [5.41, 5.74) is 2.43. The van der Waals surface area contributed by atoms with Crippen molar-refractivity contribution >= 4 is 12.0 Å². The third kappa shape index (κ3) is 2.88. The predicted molar refractivity (Wildman–Crippen MR) is 71.3 cm³/mol. The Balaban J connectivity index is 2.24. The third-order valence-electron chi connectivity index (χ3n) is 2.76. The Morgan fingerprint density at radius 2 is 1.94 bits per heavy atom. The van der Waals surface area contributed by atoms with Gasteiger partial charge in [0.05, 0.1) is 0 Å². The van der Waals surface area contributed by atoms with Crippen molar-refractivity contribution in [1.29, 1.82) is 0 Å². The van der Waals surface area contributed by atoms with Crippen LogP contribution in [0.3, 0.4) is 0 Å². The SMILES string of the molecule is C/C(=C\c1cccn1Cc1ccccc1)C(=O)O. The van der Waals surface area contributed by atoms with Gasteiger partial charge in [-0.2, -0.15) is 0 Å². The maximum absolute atomic E-state index is 10.8. The normalized spacial score (nSPS) is 11.5. The van der Waals surface area contributed by atoms with Crippen molar-refractivity contribution in [1.82, 2.24) is 4.57 Å². The number of carboxylic acid groups (broad SMARTS) is 1. The molecule has 3 heteroatoms. The Hall–Kier alpha value is -2.29. The molecule has 3 nitrogen and oxygen atoms in total. The highest BCUT2D eigenvalue weighted by Gasteiger charge is 2.03. The second-order valence-electron chi connectivity index (χ2n) is 4.18. The summed E-state index contributed by atoms with van der Waals surface area (Å²) in [5, 5.41) is 8.88. The topological polar surface area (TPSA) is 42.2 Å². The summed E-state index contributed by atoms with van der Waals surface area (Å²) < 4.78 is 2.03. The molecule has 0 spiro atoms. The minimum absolute atomic E-state index is 0.336. The monoisotopic (exact) mass is 241 g/mol. The Morgan fingerprint density at radius 1 is 1.22 bits per heavy atom. The molecule has 2 aromatic rings. The van der Waals surface area contributed by atoms with Gasteiger partial charge in [0.25, 0.3) is 0 Å². The first kappa shape index (κ1) is 12.2. The second kappa shape index (κ2) is 5.36. The van der Waals surface area contributed by atoms with E-state index in [0.29, 0.717) is 5.57 Å². The van der Waals surface area contributed by atoms with Crippen molar-refractivity contribution in [3.8, 4) is 0 Å². The van der Waals surface area contributed by atoms with Gasteiger partial charge in [-0.15, -0.1) is 0 Å². The number of carbonyl (C=O) groups is 1. The van der Waals surface area contributed by atoms with Crippen molar-refractivity contribution in [2.24, 2.45) is 0 Å². The van der Waals surface area contributed by atoms with E-state index >= 15 is 0 Å². The van der Waals surface area contributed by atoms with Gasteiger partial charge in [-0.3, -0.25) is 0 Å². The van der Waals surface area contributed by atoms with Crippen molar-refractivity contribution in [3.63, 3.8) is 0 Å². The zero-order valence-corrected chi connectivity index (χ0v) is 10.2. The smallest absolute Gasteiger partial charge is 0.331 e. The van der Waals surface area contributed by atoms with Crippen molar-refractivity contribution in [2.45, 2.75) is 13.5 Å². The van der Waals surface area contributed by atoms with Gasteiger partial charge in [0.2, 0.25) is 0 Å². The number of nitrogens with zero attached hydrogens (tertiary/aromatic N) is 1. The summed E-state index contributed by atoms with van der Waals surface area (Å²) in [6.45, 7) is 2.34. The van der Waals surface area contributed by atoms with Crippen LogP contribution in [0.2, 0.25) is 0 Å². The van der Waals surface area contributed by atoms with Gasteiger partial charge >= 0.3 is 5.97 Å². The maximum atomic E-state index is 10.8. The average Bonchev–Trinajstić information content (AvgIpc) is 2.78. The van der Waals surface area contributed by atoms with Crippen LogP contribution in [0.4, 0.5) is 0 Å².